The highest BCUT2D eigenvalue weighted by Crippen LogP contribution is 2.43. The van der Waals surface area contributed by atoms with Crippen LogP contribution in [0.15, 0.2) is 98.2 Å². The maximum absolute atomic E-state index is 16.0. The SMILES string of the molecule is CC1=CC(C)=[N+]2C1=C(CCCC(=O)NCCCC[C@@H]1NC(=O)c3coc(n3)-c3coc(n3)-c3coc(n3)-c3coc(n3)-c3coc(n3)-c3coc(n3)-c3coc1n3)c1c(C)cc(C)n1[B-]2(F)F. The third-order valence-corrected chi connectivity index (χ3v) is 11.8. The number of nitrogens with one attached hydrogen (secondary N) is 2. The zero-order chi connectivity index (χ0) is 46.1. The van der Waals surface area contributed by atoms with Gasteiger partial charge in [-0.2, -0.15) is 0 Å². The van der Waals surface area contributed by atoms with E-state index in [-0.39, 0.29) is 93.4 Å². The van der Waals surface area contributed by atoms with E-state index in [1.165, 1.54) is 52.8 Å². The maximum atomic E-state index is 16.0. The van der Waals surface area contributed by atoms with Gasteiger partial charge in [0.2, 0.25) is 47.1 Å². The van der Waals surface area contributed by atoms with Gasteiger partial charge in [0.05, 0.1) is 0 Å². The van der Waals surface area contributed by atoms with Crippen LogP contribution in [0.5, 0.6) is 0 Å². The Hall–Kier alpha value is -8.24. The number of hydrogen-bond acceptors (Lipinski definition) is 16. The van der Waals surface area contributed by atoms with E-state index in [0.29, 0.717) is 61.4 Å². The summed E-state index contributed by atoms with van der Waals surface area (Å²) in [5.74, 6) is -0.0347. The first kappa shape index (κ1) is 41.5. The van der Waals surface area contributed by atoms with E-state index >= 15 is 8.63 Å². The van der Waals surface area contributed by atoms with Crippen LogP contribution in [0.4, 0.5) is 8.63 Å². The number of amides is 2. The molecule has 0 unspecified atom stereocenters. The molecule has 0 aromatic carbocycles. The minimum absolute atomic E-state index is 0.0103. The van der Waals surface area contributed by atoms with E-state index in [9.17, 15) is 9.59 Å². The van der Waals surface area contributed by atoms with Crippen molar-refractivity contribution in [3.63, 3.8) is 0 Å². The van der Waals surface area contributed by atoms with Crippen LogP contribution in [-0.4, -0.2) is 74.9 Å². The standard InChI is InChI=1S/C44H38BF2N11O9/c1-21-12-23(3)57-35(21)25(36-22(2)13-24(4)58(36)45(57,46)47)8-7-10-34(59)48-11-6-5-9-26-38-51-29(15-62-38)40-53-31(17-64-40)42-55-33(19-66-42)44-56-32(20-67-44)43-54-30(18-65-43)41-52-28(16-63-41)39-50-27(14-61-39)37(60)49-26/h12-20,26H,5-11H2,1-4H3,(H,48,59)(H,49,60)/t26-/m0/s1. The Morgan fingerprint density at radius 3 is 1.75 bits per heavy atom. The molecule has 23 heteroatoms. The van der Waals surface area contributed by atoms with Gasteiger partial charge in [0.25, 0.3) is 5.91 Å². The van der Waals surface area contributed by atoms with Crippen LogP contribution in [0.2, 0.25) is 0 Å². The van der Waals surface area contributed by atoms with Crippen LogP contribution >= 0.6 is 0 Å². The molecule has 3 aliphatic rings. The number of oxazole rings is 7. The molecular weight excluding hydrogens is 875 g/mol. The summed E-state index contributed by atoms with van der Waals surface area (Å²) in [4.78, 5) is 58.0. The molecule has 0 spiro atoms. The van der Waals surface area contributed by atoms with Crippen molar-refractivity contribution in [2.45, 2.75) is 72.3 Å². The molecule has 0 saturated heterocycles. The summed E-state index contributed by atoms with van der Waals surface area (Å²) in [6, 6.07) is 1.02. The van der Waals surface area contributed by atoms with E-state index in [1.807, 2.05) is 13.8 Å². The number of rotatable bonds is 9. The Kier molecular flexibility index (Phi) is 9.92. The van der Waals surface area contributed by atoms with Crippen molar-refractivity contribution in [3.05, 3.63) is 95.8 Å². The lowest BCUT2D eigenvalue weighted by Gasteiger charge is -2.34. The minimum atomic E-state index is -4.06. The number of halogens is 2. The van der Waals surface area contributed by atoms with Crippen molar-refractivity contribution in [2.24, 2.45) is 0 Å². The van der Waals surface area contributed by atoms with Crippen LogP contribution < -0.4 is 10.6 Å². The number of allylic oxidation sites excluding steroid dienone is 3. The van der Waals surface area contributed by atoms with Crippen molar-refractivity contribution in [3.8, 4) is 69.5 Å². The van der Waals surface area contributed by atoms with Gasteiger partial charge in [-0.15, -0.1) is 0 Å². The van der Waals surface area contributed by atoms with Gasteiger partial charge in [-0.05, 0) is 70.2 Å². The molecule has 2 amide bonds. The first-order chi connectivity index (χ1) is 32.4. The molecule has 340 valence electrons. The topological polar surface area (TPSA) is 248 Å². The van der Waals surface area contributed by atoms with E-state index < -0.39 is 18.9 Å². The lowest BCUT2D eigenvalue weighted by Crippen LogP contribution is -2.51. The third kappa shape index (κ3) is 7.31. The fourth-order valence-corrected chi connectivity index (χ4v) is 8.86. The van der Waals surface area contributed by atoms with Crippen LogP contribution in [0.25, 0.3) is 75.1 Å². The van der Waals surface area contributed by atoms with Gasteiger partial charge in [-0.25, -0.2) is 34.9 Å². The molecule has 2 N–H and O–H groups in total. The number of fused-ring (bicyclic) bond motifs is 22. The number of aryl methyl sites for hydroxylation is 2. The van der Waals surface area contributed by atoms with E-state index in [1.54, 1.807) is 26.0 Å². The Morgan fingerprint density at radius 1 is 0.701 bits per heavy atom. The van der Waals surface area contributed by atoms with Gasteiger partial charge in [-0.1, -0.05) is 0 Å². The number of aromatic nitrogens is 8. The fourth-order valence-electron chi connectivity index (χ4n) is 8.86. The average molecular weight is 914 g/mol. The molecule has 3 aliphatic heterocycles. The Balaban J connectivity index is 0.781. The summed E-state index contributed by atoms with van der Waals surface area (Å²) in [6.45, 7) is 3.39. The van der Waals surface area contributed by atoms with Gasteiger partial charge < -0.3 is 59.1 Å². The van der Waals surface area contributed by atoms with Crippen LogP contribution in [0, 0.1) is 13.8 Å². The first-order valence-electron chi connectivity index (χ1n) is 21.4. The molecule has 11 rings (SSSR count). The molecule has 0 fully saturated rings. The van der Waals surface area contributed by atoms with Crippen molar-refractivity contribution in [1.29, 1.82) is 0 Å². The number of hydrogen-bond donors (Lipinski definition) is 2. The second-order valence-electron chi connectivity index (χ2n) is 16.5. The van der Waals surface area contributed by atoms with Crippen molar-refractivity contribution in [2.75, 3.05) is 6.54 Å². The highest BCUT2D eigenvalue weighted by atomic mass is 19.2. The van der Waals surface area contributed by atoms with E-state index in [4.69, 9.17) is 30.9 Å². The summed E-state index contributed by atoms with van der Waals surface area (Å²) in [5.41, 5.74) is 5.85. The van der Waals surface area contributed by atoms with E-state index in [2.05, 4.69) is 45.5 Å². The van der Waals surface area contributed by atoms with Crippen LogP contribution in [0.3, 0.4) is 0 Å². The molecule has 1 atom stereocenters. The number of nitrogens with zero attached hydrogens (tertiary/aromatic N) is 9. The Bertz CT molecular complexity index is 3350. The lowest BCUT2D eigenvalue weighted by atomic mass is 9.84. The molecule has 8 aromatic heterocycles. The van der Waals surface area contributed by atoms with Crippen LogP contribution in [0.1, 0.15) is 91.7 Å². The van der Waals surface area contributed by atoms with Gasteiger partial charge in [0.1, 0.15) is 55.6 Å². The zero-order valence-corrected chi connectivity index (χ0v) is 36.3. The summed E-state index contributed by atoms with van der Waals surface area (Å²) in [6.07, 6.45) is 13.5. The number of unbranched alkanes of at least 4 members (excludes halogenated alkanes) is 1. The monoisotopic (exact) mass is 913 g/mol. The number of carbonyl (C=O) groups excluding carboxylic acids is 2. The van der Waals surface area contributed by atoms with Crippen molar-refractivity contribution in [1.82, 2.24) is 50.0 Å². The van der Waals surface area contributed by atoms with E-state index in [0.717, 1.165) is 16.7 Å². The number of carbonyl (C=O) groups is 2. The van der Waals surface area contributed by atoms with Crippen LogP contribution in [-0.2, 0) is 4.79 Å². The summed E-state index contributed by atoms with van der Waals surface area (Å²) < 4.78 is 74.0. The Morgan fingerprint density at radius 2 is 1.19 bits per heavy atom. The lowest BCUT2D eigenvalue weighted by molar-refractivity contribution is -0.363. The highest BCUT2D eigenvalue weighted by molar-refractivity contribution is 6.58. The molecule has 0 saturated carbocycles. The third-order valence-electron chi connectivity index (χ3n) is 11.8. The van der Waals surface area contributed by atoms with Gasteiger partial charge in [-0.3, -0.25) is 9.59 Å². The molecule has 0 aliphatic carbocycles. The van der Waals surface area contributed by atoms with Gasteiger partial charge >= 0.3 is 6.97 Å². The predicted molar refractivity (Wildman–Crippen MR) is 229 cm³/mol. The molecular formula is C44H38BF2N11O9. The second kappa shape index (κ2) is 16.0. The largest absolute Gasteiger partial charge is 0.737 e. The highest BCUT2D eigenvalue weighted by Gasteiger charge is 2.54. The quantitative estimate of drug-likeness (QED) is 0.102. The second-order valence-corrected chi connectivity index (χ2v) is 16.5. The van der Waals surface area contributed by atoms with Gasteiger partial charge in [0.15, 0.2) is 45.6 Å². The minimum Gasteiger partial charge on any atom is -0.446 e. The summed E-state index contributed by atoms with van der Waals surface area (Å²) in [5, 5.41) is 5.91. The molecule has 0 radical (unpaired) electrons. The Labute approximate surface area is 377 Å². The fraction of sp³-hybridized carbons (Fsp3) is 0.273. The smallest absolute Gasteiger partial charge is 0.446 e. The molecule has 14 bridgehead atoms. The molecule has 11 heterocycles. The predicted octanol–water partition coefficient (Wildman–Crippen LogP) is 8.35. The molecule has 8 aromatic rings. The average Bonchev–Trinajstić information content (AvgIpc) is 4.13. The van der Waals surface area contributed by atoms with Crippen molar-refractivity contribution >= 4 is 30.1 Å². The zero-order valence-electron chi connectivity index (χ0n) is 36.3. The first-order valence-corrected chi connectivity index (χ1v) is 21.4. The molecule has 20 nitrogen and oxygen atoms in total. The maximum Gasteiger partial charge on any atom is 0.737 e. The normalized spacial score (nSPS) is 16.2. The van der Waals surface area contributed by atoms with Crippen molar-refractivity contribution < 1.29 is 53.6 Å². The molecule has 67 heavy (non-hydrogen) atoms. The van der Waals surface area contributed by atoms with Gasteiger partial charge in [0, 0.05) is 42.8 Å². The summed E-state index contributed by atoms with van der Waals surface area (Å²) >= 11 is 0. The summed E-state index contributed by atoms with van der Waals surface area (Å²) in [7, 11) is 0.